The van der Waals surface area contributed by atoms with Crippen molar-refractivity contribution < 1.29 is 28.5 Å². The number of carbonyl (C=O) groups excluding carboxylic acids is 2. The number of hydrogen-bond donors (Lipinski definition) is 0. The van der Waals surface area contributed by atoms with Crippen LogP contribution in [-0.2, 0) is 28.5 Å². The maximum absolute atomic E-state index is 12.8. The normalized spacial score (nSPS) is 41.0. The molecule has 6 heteroatoms. The van der Waals surface area contributed by atoms with Gasteiger partial charge in [-0.3, -0.25) is 0 Å². The van der Waals surface area contributed by atoms with E-state index in [1.54, 1.807) is 0 Å². The van der Waals surface area contributed by atoms with Crippen molar-refractivity contribution in [2.75, 3.05) is 0 Å². The standard InChI is InChI=1S/C26H36O6/c27-23(31-25(11-1-2-12-25)19-15-17-5-7-21(19)29-17)9-10-24(28)32-26(13-3-4-14-26)20-16-18-6-8-22(20)30-18/h9-10,17-22H,1-8,11-16H2/b10-9-. The molecule has 0 N–H and O–H groups in total. The van der Waals surface area contributed by atoms with Gasteiger partial charge in [0, 0.05) is 24.0 Å². The van der Waals surface area contributed by atoms with Crippen LogP contribution < -0.4 is 0 Å². The maximum Gasteiger partial charge on any atom is 0.331 e. The SMILES string of the molecule is O=C(/C=C\C(=O)OC1(C2CC3CCC2O3)CCCC1)OC1(C2CC3CCC2O3)CCCC1. The monoisotopic (exact) mass is 444 g/mol. The van der Waals surface area contributed by atoms with Gasteiger partial charge in [0.2, 0.25) is 0 Å². The molecule has 4 saturated heterocycles. The maximum atomic E-state index is 12.8. The van der Waals surface area contributed by atoms with Crippen LogP contribution in [0.5, 0.6) is 0 Å². The summed E-state index contributed by atoms with van der Waals surface area (Å²) in [6.45, 7) is 0. The van der Waals surface area contributed by atoms with E-state index in [4.69, 9.17) is 18.9 Å². The van der Waals surface area contributed by atoms with Crippen molar-refractivity contribution in [1.82, 2.24) is 0 Å². The Kier molecular flexibility index (Phi) is 5.37. The van der Waals surface area contributed by atoms with Gasteiger partial charge >= 0.3 is 11.9 Å². The minimum absolute atomic E-state index is 0.228. The molecule has 0 aromatic heterocycles. The largest absolute Gasteiger partial charge is 0.456 e. The molecule has 0 spiro atoms. The van der Waals surface area contributed by atoms with Crippen LogP contribution in [0.15, 0.2) is 12.2 Å². The molecule has 6 rings (SSSR count). The van der Waals surface area contributed by atoms with E-state index in [-0.39, 0.29) is 12.2 Å². The summed E-state index contributed by atoms with van der Waals surface area (Å²) in [5.41, 5.74) is -0.837. The zero-order valence-corrected chi connectivity index (χ0v) is 19.0. The van der Waals surface area contributed by atoms with Crippen molar-refractivity contribution in [2.24, 2.45) is 11.8 Å². The third-order valence-electron chi connectivity index (χ3n) is 9.43. The van der Waals surface area contributed by atoms with Crippen molar-refractivity contribution in [3.05, 3.63) is 12.2 Å². The van der Waals surface area contributed by atoms with Crippen LogP contribution >= 0.6 is 0 Å². The molecule has 0 radical (unpaired) electrons. The molecule has 6 atom stereocenters. The minimum atomic E-state index is -0.421. The first-order valence-electron chi connectivity index (χ1n) is 13.0. The first-order chi connectivity index (χ1) is 15.6. The minimum Gasteiger partial charge on any atom is -0.456 e. The van der Waals surface area contributed by atoms with Crippen LogP contribution in [0.2, 0.25) is 0 Å². The quantitative estimate of drug-likeness (QED) is 0.447. The number of carbonyl (C=O) groups is 2. The Morgan fingerprint density at radius 2 is 1.06 bits per heavy atom. The Balaban J connectivity index is 1.09. The van der Waals surface area contributed by atoms with E-state index in [1.807, 2.05) is 0 Å². The first-order valence-corrected chi connectivity index (χ1v) is 13.0. The van der Waals surface area contributed by atoms with Crippen molar-refractivity contribution in [2.45, 2.75) is 126 Å². The highest BCUT2D eigenvalue weighted by Crippen LogP contribution is 2.52. The van der Waals surface area contributed by atoms with E-state index in [2.05, 4.69) is 0 Å². The predicted molar refractivity (Wildman–Crippen MR) is 116 cm³/mol. The number of fused-ring (bicyclic) bond motifs is 4. The lowest BCUT2D eigenvalue weighted by Gasteiger charge is -2.38. The fourth-order valence-electron chi connectivity index (χ4n) is 8.03. The number of rotatable bonds is 6. The molecule has 6 unspecified atom stereocenters. The van der Waals surface area contributed by atoms with Gasteiger partial charge in [-0.2, -0.15) is 0 Å². The van der Waals surface area contributed by atoms with E-state index in [0.29, 0.717) is 24.0 Å². The van der Waals surface area contributed by atoms with Gasteiger partial charge in [0.05, 0.1) is 24.4 Å². The van der Waals surface area contributed by atoms with Gasteiger partial charge in [-0.25, -0.2) is 9.59 Å². The Labute approximate surface area is 190 Å². The van der Waals surface area contributed by atoms with Gasteiger partial charge in [-0.1, -0.05) is 0 Å². The van der Waals surface area contributed by atoms with Crippen LogP contribution in [0.25, 0.3) is 0 Å². The van der Waals surface area contributed by atoms with Crippen molar-refractivity contribution in [3.8, 4) is 0 Å². The second kappa shape index (κ2) is 8.12. The van der Waals surface area contributed by atoms with Crippen molar-refractivity contribution >= 4 is 11.9 Å². The summed E-state index contributed by atoms with van der Waals surface area (Å²) in [7, 11) is 0. The molecule has 4 heterocycles. The topological polar surface area (TPSA) is 71.1 Å². The second-order valence-corrected chi connectivity index (χ2v) is 11.2. The van der Waals surface area contributed by atoms with E-state index in [9.17, 15) is 9.59 Å². The highest BCUT2D eigenvalue weighted by atomic mass is 16.6. The van der Waals surface area contributed by atoms with Crippen molar-refractivity contribution in [3.63, 3.8) is 0 Å². The Hall–Kier alpha value is -1.40. The Morgan fingerprint density at radius 1 is 0.656 bits per heavy atom. The zero-order valence-electron chi connectivity index (χ0n) is 19.0. The van der Waals surface area contributed by atoms with Gasteiger partial charge in [-0.15, -0.1) is 0 Å². The third kappa shape index (κ3) is 3.62. The zero-order chi connectivity index (χ0) is 21.8. The molecule has 2 saturated carbocycles. The second-order valence-electron chi connectivity index (χ2n) is 11.2. The summed E-state index contributed by atoms with van der Waals surface area (Å²) in [5.74, 6) is -0.245. The summed E-state index contributed by atoms with van der Waals surface area (Å²) in [5, 5.41) is 0. The Morgan fingerprint density at radius 3 is 1.38 bits per heavy atom. The molecule has 0 amide bonds. The third-order valence-corrected chi connectivity index (χ3v) is 9.43. The van der Waals surface area contributed by atoms with Gasteiger partial charge in [-0.05, 0) is 89.9 Å². The molecule has 4 aliphatic heterocycles. The van der Waals surface area contributed by atoms with Crippen LogP contribution in [0, 0.1) is 11.8 Å². The van der Waals surface area contributed by atoms with Gasteiger partial charge in [0.15, 0.2) is 0 Å². The van der Waals surface area contributed by atoms with Crippen LogP contribution in [0.4, 0.5) is 0 Å². The van der Waals surface area contributed by atoms with Crippen LogP contribution in [0.1, 0.15) is 89.9 Å². The van der Waals surface area contributed by atoms with E-state index in [0.717, 1.165) is 89.9 Å². The fraction of sp³-hybridized carbons (Fsp3) is 0.846. The number of hydrogen-bond acceptors (Lipinski definition) is 6. The average molecular weight is 445 g/mol. The van der Waals surface area contributed by atoms with Gasteiger partial charge in [0.25, 0.3) is 0 Å². The molecular formula is C26H36O6. The van der Waals surface area contributed by atoms with Crippen molar-refractivity contribution in [1.29, 1.82) is 0 Å². The van der Waals surface area contributed by atoms with Crippen LogP contribution in [-0.4, -0.2) is 47.6 Å². The highest BCUT2D eigenvalue weighted by molar-refractivity contribution is 5.92. The summed E-state index contributed by atoms with van der Waals surface area (Å²) in [6.07, 6.45) is 18.1. The lowest BCUT2D eigenvalue weighted by molar-refractivity contribution is -0.165. The van der Waals surface area contributed by atoms with Gasteiger partial charge < -0.3 is 18.9 Å². The molecule has 4 bridgehead atoms. The van der Waals surface area contributed by atoms with Crippen LogP contribution in [0.3, 0.4) is 0 Å². The molecule has 2 aliphatic carbocycles. The smallest absolute Gasteiger partial charge is 0.331 e. The van der Waals surface area contributed by atoms with Gasteiger partial charge in [0.1, 0.15) is 11.2 Å². The molecule has 176 valence electrons. The molecule has 0 aromatic carbocycles. The summed E-state index contributed by atoms with van der Waals surface area (Å²) in [6, 6.07) is 0. The summed E-state index contributed by atoms with van der Waals surface area (Å²) >= 11 is 0. The molecule has 6 fully saturated rings. The molecule has 6 nitrogen and oxygen atoms in total. The fourth-order valence-corrected chi connectivity index (χ4v) is 8.03. The molecule has 6 aliphatic rings. The summed E-state index contributed by atoms with van der Waals surface area (Å²) in [4.78, 5) is 25.5. The van der Waals surface area contributed by atoms with E-state index in [1.165, 1.54) is 12.2 Å². The summed E-state index contributed by atoms with van der Waals surface area (Å²) < 4.78 is 24.3. The predicted octanol–water partition coefficient (Wildman–Crippen LogP) is 4.39. The first kappa shape index (κ1) is 21.2. The lowest BCUT2D eigenvalue weighted by Crippen LogP contribution is -2.45. The molecular weight excluding hydrogens is 408 g/mol. The Bertz CT molecular complexity index is 713. The number of ether oxygens (including phenoxy) is 4. The number of esters is 2. The van der Waals surface area contributed by atoms with E-state index >= 15 is 0 Å². The lowest BCUT2D eigenvalue weighted by atomic mass is 9.75. The van der Waals surface area contributed by atoms with E-state index < -0.39 is 23.1 Å². The molecule has 0 aromatic rings. The highest BCUT2D eigenvalue weighted by Gasteiger charge is 2.56. The average Bonchev–Trinajstić information content (AvgIpc) is 3.60. The molecule has 32 heavy (non-hydrogen) atoms.